The van der Waals surface area contributed by atoms with Gasteiger partial charge in [0.05, 0.1) is 25.2 Å². The number of ether oxygens (including phenoxy) is 4. The minimum atomic E-state index is -0.851. The molecule has 0 aliphatic heterocycles. The second-order valence-electron chi connectivity index (χ2n) is 18.7. The van der Waals surface area contributed by atoms with Gasteiger partial charge >= 0.3 is 23.9 Å². The zero-order valence-electron chi connectivity index (χ0n) is 40.3. The largest absolute Gasteiger partial charge is 0.463 e. The third-order valence-electron chi connectivity index (χ3n) is 14.7. The fraction of sp³-hybridized carbons (Fsp3) is 0.138. The van der Waals surface area contributed by atoms with Gasteiger partial charge in [-0.3, -0.25) is 0 Å². The molecule has 0 radical (unpaired) electrons. The van der Waals surface area contributed by atoms with Crippen molar-refractivity contribution >= 4 is 88.5 Å². The highest BCUT2D eigenvalue weighted by Gasteiger charge is 2.45. The van der Waals surface area contributed by atoms with Crippen molar-refractivity contribution < 1.29 is 38.1 Å². The van der Waals surface area contributed by atoms with Gasteiger partial charge in [0.25, 0.3) is 0 Å². The van der Waals surface area contributed by atoms with E-state index in [0.717, 1.165) is 98.7 Å². The molecule has 0 saturated heterocycles. The van der Waals surface area contributed by atoms with Crippen molar-refractivity contribution in [3.8, 4) is 33.4 Å². The molecule has 1 aliphatic carbocycles. The molecule has 0 aromatic heterocycles. The van der Waals surface area contributed by atoms with Gasteiger partial charge < -0.3 is 18.9 Å². The van der Waals surface area contributed by atoms with Gasteiger partial charge in [-0.05, 0) is 145 Å². The van der Waals surface area contributed by atoms with E-state index in [1.165, 1.54) is 45.8 Å². The second-order valence-corrected chi connectivity index (χ2v) is 18.7. The van der Waals surface area contributed by atoms with Gasteiger partial charge in [-0.1, -0.05) is 148 Å². The molecular formula is C65H50O8. The summed E-state index contributed by atoms with van der Waals surface area (Å²) in [7, 11) is 0. The van der Waals surface area contributed by atoms with E-state index < -0.39 is 29.3 Å². The highest BCUT2D eigenvalue weighted by atomic mass is 16.5. The smallest absolute Gasteiger partial charge is 0.330 e. The maximum absolute atomic E-state index is 13.2. The van der Waals surface area contributed by atoms with E-state index in [0.29, 0.717) is 25.7 Å². The predicted molar refractivity (Wildman–Crippen MR) is 292 cm³/mol. The summed E-state index contributed by atoms with van der Waals surface area (Å²) >= 11 is 0. The topological polar surface area (TPSA) is 105 Å². The summed E-state index contributed by atoms with van der Waals surface area (Å²) in [5.74, 6) is -1.90. The number of esters is 4. The molecule has 8 heteroatoms. The molecule has 0 N–H and O–H groups in total. The zero-order chi connectivity index (χ0) is 50.4. The summed E-state index contributed by atoms with van der Waals surface area (Å²) < 4.78 is 22.3. The van der Waals surface area contributed by atoms with Gasteiger partial charge in [0.2, 0.25) is 0 Å². The van der Waals surface area contributed by atoms with Crippen LogP contribution in [0.3, 0.4) is 0 Å². The minimum absolute atomic E-state index is 0.0291. The van der Waals surface area contributed by atoms with Crippen LogP contribution in [0.2, 0.25) is 0 Å². The first kappa shape index (κ1) is 46.5. The number of carbonyl (C=O) groups is 4. The Morgan fingerprint density at radius 1 is 0.397 bits per heavy atom. The molecule has 10 aromatic rings. The van der Waals surface area contributed by atoms with Gasteiger partial charge in [-0.15, -0.1) is 0 Å². The lowest BCUT2D eigenvalue weighted by Crippen LogP contribution is -2.33. The number of hydrogen-bond donors (Lipinski definition) is 0. The molecule has 0 spiro atoms. The molecule has 358 valence electrons. The summed E-state index contributed by atoms with van der Waals surface area (Å²) in [5.41, 5.74) is 9.57. The number of rotatable bonds is 18. The van der Waals surface area contributed by atoms with Crippen LogP contribution in [-0.2, 0) is 56.4 Å². The third-order valence-corrected chi connectivity index (χ3v) is 14.7. The van der Waals surface area contributed by atoms with Crippen molar-refractivity contribution in [3.05, 3.63) is 206 Å². The fourth-order valence-corrected chi connectivity index (χ4v) is 11.4. The van der Waals surface area contributed by atoms with Gasteiger partial charge in [-0.2, -0.15) is 0 Å². The van der Waals surface area contributed by atoms with E-state index in [2.05, 4.69) is 160 Å². The van der Waals surface area contributed by atoms with Crippen molar-refractivity contribution in [1.29, 1.82) is 0 Å². The Balaban J connectivity index is 1.03. The first-order chi connectivity index (χ1) is 35.6. The predicted octanol–water partition coefficient (Wildman–Crippen LogP) is 13.9. The third kappa shape index (κ3) is 8.24. The first-order valence-electron chi connectivity index (χ1n) is 24.5. The standard InChI is InChI=1S/C65H50O8/c1-5-57(66)70-29-9-28-65(38-73-60(69)8-4)55-36-43(49-20-14-41-10-12-45-32-39(26-30-71-58(67)6-2)34-47-18-24-53(49)63(41)61(45)47)16-22-51(55)52-23-17-44(37-56(52)65)50-21-15-42-11-13-46-33-40(27-31-72-59(68)7-3)35-48-19-25-54(50)64(42)62(46)48/h5-8,10-25,32-37H,1-4,9,26-31,38H2. The van der Waals surface area contributed by atoms with Crippen LogP contribution in [0, 0.1) is 0 Å². The molecule has 1 aliphatic rings. The molecule has 11 rings (SSSR count). The normalized spacial score (nSPS) is 12.5. The van der Waals surface area contributed by atoms with Crippen molar-refractivity contribution in [2.75, 3.05) is 26.4 Å². The van der Waals surface area contributed by atoms with Gasteiger partial charge in [0.1, 0.15) is 6.61 Å². The first-order valence-corrected chi connectivity index (χ1v) is 24.5. The van der Waals surface area contributed by atoms with Crippen LogP contribution in [0.4, 0.5) is 0 Å². The Kier molecular flexibility index (Phi) is 12.1. The van der Waals surface area contributed by atoms with E-state index >= 15 is 0 Å². The molecule has 73 heavy (non-hydrogen) atoms. The van der Waals surface area contributed by atoms with Crippen LogP contribution in [0.5, 0.6) is 0 Å². The number of carbonyl (C=O) groups excluding carboxylic acids is 4. The van der Waals surface area contributed by atoms with Crippen LogP contribution >= 0.6 is 0 Å². The lowest BCUT2D eigenvalue weighted by molar-refractivity contribution is -0.140. The minimum Gasteiger partial charge on any atom is -0.463 e. The van der Waals surface area contributed by atoms with Crippen molar-refractivity contribution in [1.82, 2.24) is 0 Å². The Morgan fingerprint density at radius 2 is 0.767 bits per heavy atom. The van der Waals surface area contributed by atoms with Crippen LogP contribution in [0.1, 0.15) is 35.1 Å². The number of fused-ring (bicyclic) bond motifs is 3. The van der Waals surface area contributed by atoms with Crippen molar-refractivity contribution in [2.24, 2.45) is 0 Å². The summed E-state index contributed by atoms with van der Waals surface area (Å²) in [6.07, 6.45) is 6.86. The lowest BCUT2D eigenvalue weighted by atomic mass is 9.74. The summed E-state index contributed by atoms with van der Waals surface area (Å²) in [4.78, 5) is 49.0. The van der Waals surface area contributed by atoms with Crippen LogP contribution in [0.15, 0.2) is 184 Å². The monoisotopic (exact) mass is 958 g/mol. The van der Waals surface area contributed by atoms with E-state index in [9.17, 15) is 19.2 Å². The van der Waals surface area contributed by atoms with E-state index in [-0.39, 0.29) is 26.4 Å². The maximum atomic E-state index is 13.2. The van der Waals surface area contributed by atoms with E-state index in [4.69, 9.17) is 18.9 Å². The Labute approximate surface area is 422 Å². The van der Waals surface area contributed by atoms with Gasteiger partial charge in [0.15, 0.2) is 0 Å². The van der Waals surface area contributed by atoms with Gasteiger partial charge in [0, 0.05) is 37.1 Å². The Hall–Kier alpha value is -8.88. The average Bonchev–Trinajstić information content (AvgIpc) is 3.69. The molecule has 8 nitrogen and oxygen atoms in total. The zero-order valence-corrected chi connectivity index (χ0v) is 40.3. The highest BCUT2D eigenvalue weighted by molar-refractivity contribution is 6.27. The van der Waals surface area contributed by atoms with E-state index in [1.54, 1.807) is 0 Å². The summed E-state index contributed by atoms with van der Waals surface area (Å²) in [6.45, 7) is 15.0. The molecule has 0 fully saturated rings. The summed E-state index contributed by atoms with van der Waals surface area (Å²) in [6, 6.07) is 48.1. The van der Waals surface area contributed by atoms with Crippen LogP contribution in [-0.4, -0.2) is 50.3 Å². The van der Waals surface area contributed by atoms with Gasteiger partial charge in [-0.25, -0.2) is 19.2 Å². The van der Waals surface area contributed by atoms with Crippen LogP contribution in [0.25, 0.3) is 98.0 Å². The van der Waals surface area contributed by atoms with E-state index in [1.807, 2.05) is 0 Å². The average molecular weight is 959 g/mol. The molecular weight excluding hydrogens is 909 g/mol. The molecule has 0 bridgehead atoms. The second kappa shape index (κ2) is 19.0. The van der Waals surface area contributed by atoms with Crippen molar-refractivity contribution in [3.63, 3.8) is 0 Å². The number of benzene rings is 10. The quantitative estimate of drug-likeness (QED) is 0.0275. The lowest BCUT2D eigenvalue weighted by Gasteiger charge is -2.32. The fourth-order valence-electron chi connectivity index (χ4n) is 11.4. The molecule has 0 heterocycles. The molecule has 0 saturated carbocycles. The number of hydrogen-bond acceptors (Lipinski definition) is 8. The maximum Gasteiger partial charge on any atom is 0.330 e. The SMILES string of the molecule is C=CC(=O)OCCCC1(COC(=O)C=C)c2cc(-c3ccc4ccc5cc(CCOC(=O)C=C)cc6ccc3c4c56)ccc2-c2ccc(-c3ccc4ccc5cc(CCOC(=O)C=C)cc6ccc3c4c56)cc21. The molecule has 10 aromatic carbocycles. The Morgan fingerprint density at radius 3 is 1.21 bits per heavy atom. The molecule has 0 amide bonds. The Bertz CT molecular complexity index is 3670. The van der Waals surface area contributed by atoms with Crippen molar-refractivity contribution in [2.45, 2.75) is 31.1 Å². The molecule has 0 atom stereocenters. The molecule has 0 unspecified atom stereocenters. The van der Waals surface area contributed by atoms with Crippen LogP contribution < -0.4 is 0 Å². The highest BCUT2D eigenvalue weighted by Crippen LogP contribution is 2.54. The summed E-state index contributed by atoms with van der Waals surface area (Å²) in [5, 5.41) is 13.6.